The molecule has 4 heteroatoms. The first-order valence-corrected chi connectivity index (χ1v) is 9.10. The van der Waals surface area contributed by atoms with Crippen molar-refractivity contribution in [3.05, 3.63) is 70.7 Å². The number of benzene rings is 2. The van der Waals surface area contributed by atoms with Crippen molar-refractivity contribution in [1.29, 1.82) is 0 Å². The Kier molecular flexibility index (Phi) is 4.32. The van der Waals surface area contributed by atoms with E-state index in [9.17, 15) is 0 Å². The molecule has 3 aromatic rings. The van der Waals surface area contributed by atoms with E-state index in [1.807, 2.05) is 6.07 Å². The fourth-order valence-corrected chi connectivity index (χ4v) is 3.77. The van der Waals surface area contributed by atoms with Crippen molar-refractivity contribution in [3.8, 4) is 16.3 Å². The Balaban J connectivity index is 1.49. The maximum atomic E-state index is 5.84. The largest absolute Gasteiger partial charge is 0.492 e. The first kappa shape index (κ1) is 15.4. The SMILES string of the molecule is Cc1ccc(-c2nc(CN3CCOc4ccccc4C3)cs2)cc1. The smallest absolute Gasteiger partial charge is 0.123 e. The number of thiazole rings is 1. The molecule has 3 nitrogen and oxygen atoms in total. The number of para-hydroxylation sites is 1. The Labute approximate surface area is 146 Å². The fraction of sp³-hybridized carbons (Fsp3) is 0.250. The second-order valence-electron chi connectivity index (χ2n) is 6.18. The lowest BCUT2D eigenvalue weighted by Crippen LogP contribution is -2.25. The zero-order chi connectivity index (χ0) is 16.4. The summed E-state index contributed by atoms with van der Waals surface area (Å²) in [5, 5.41) is 3.27. The van der Waals surface area contributed by atoms with Crippen molar-refractivity contribution in [2.24, 2.45) is 0 Å². The van der Waals surface area contributed by atoms with E-state index in [1.165, 1.54) is 16.7 Å². The van der Waals surface area contributed by atoms with Gasteiger partial charge in [-0.3, -0.25) is 4.90 Å². The van der Waals surface area contributed by atoms with Crippen molar-refractivity contribution in [1.82, 2.24) is 9.88 Å². The van der Waals surface area contributed by atoms with Crippen molar-refractivity contribution in [2.75, 3.05) is 13.2 Å². The average Bonchev–Trinajstić information content (AvgIpc) is 2.95. The van der Waals surface area contributed by atoms with Crippen LogP contribution in [0.4, 0.5) is 0 Å². The molecule has 1 aromatic heterocycles. The third-order valence-corrected chi connectivity index (χ3v) is 5.21. The van der Waals surface area contributed by atoms with Gasteiger partial charge in [0.15, 0.2) is 0 Å². The molecule has 0 N–H and O–H groups in total. The molecule has 0 spiro atoms. The van der Waals surface area contributed by atoms with E-state index in [0.717, 1.165) is 42.7 Å². The fourth-order valence-electron chi connectivity index (χ4n) is 2.95. The van der Waals surface area contributed by atoms with Crippen LogP contribution < -0.4 is 4.74 Å². The predicted octanol–water partition coefficient (Wildman–Crippen LogP) is 4.51. The van der Waals surface area contributed by atoms with Gasteiger partial charge in [0.25, 0.3) is 0 Å². The molecular formula is C20H20N2OS. The summed E-state index contributed by atoms with van der Waals surface area (Å²) in [5.74, 6) is 1.01. The monoisotopic (exact) mass is 336 g/mol. The summed E-state index contributed by atoms with van der Waals surface area (Å²) in [6.45, 7) is 5.53. The van der Waals surface area contributed by atoms with Crippen LogP contribution in [-0.2, 0) is 13.1 Å². The quantitative estimate of drug-likeness (QED) is 0.703. The second kappa shape index (κ2) is 6.75. The van der Waals surface area contributed by atoms with Gasteiger partial charge < -0.3 is 4.74 Å². The molecule has 0 saturated heterocycles. The van der Waals surface area contributed by atoms with Gasteiger partial charge in [-0.05, 0) is 13.0 Å². The van der Waals surface area contributed by atoms with Crippen molar-refractivity contribution in [3.63, 3.8) is 0 Å². The molecule has 0 saturated carbocycles. The molecule has 2 heterocycles. The number of ether oxygens (including phenoxy) is 1. The number of aryl methyl sites for hydroxylation is 1. The van der Waals surface area contributed by atoms with Crippen LogP contribution in [0.5, 0.6) is 5.75 Å². The Morgan fingerprint density at radius 3 is 2.83 bits per heavy atom. The Morgan fingerprint density at radius 2 is 1.96 bits per heavy atom. The van der Waals surface area contributed by atoms with Gasteiger partial charge in [0.1, 0.15) is 17.4 Å². The van der Waals surface area contributed by atoms with Crippen LogP contribution in [0.25, 0.3) is 10.6 Å². The predicted molar refractivity (Wildman–Crippen MR) is 98.3 cm³/mol. The molecule has 0 unspecified atom stereocenters. The maximum Gasteiger partial charge on any atom is 0.123 e. The van der Waals surface area contributed by atoms with Gasteiger partial charge in [0.2, 0.25) is 0 Å². The third kappa shape index (κ3) is 3.35. The normalized spacial score (nSPS) is 14.7. The number of aromatic nitrogens is 1. The maximum absolute atomic E-state index is 5.84. The van der Waals surface area contributed by atoms with Gasteiger partial charge in [0.05, 0.1) is 5.69 Å². The molecule has 0 amide bonds. The van der Waals surface area contributed by atoms with Crippen LogP contribution in [0, 0.1) is 6.92 Å². The molecule has 1 aliphatic heterocycles. The summed E-state index contributed by atoms with van der Waals surface area (Å²) in [7, 11) is 0. The van der Waals surface area contributed by atoms with Crippen LogP contribution in [0.2, 0.25) is 0 Å². The molecule has 24 heavy (non-hydrogen) atoms. The van der Waals surface area contributed by atoms with E-state index in [0.29, 0.717) is 0 Å². The lowest BCUT2D eigenvalue weighted by Gasteiger charge is -2.17. The van der Waals surface area contributed by atoms with E-state index >= 15 is 0 Å². The highest BCUT2D eigenvalue weighted by atomic mass is 32.1. The van der Waals surface area contributed by atoms with Crippen LogP contribution in [0.1, 0.15) is 16.8 Å². The lowest BCUT2D eigenvalue weighted by molar-refractivity contribution is 0.218. The van der Waals surface area contributed by atoms with Gasteiger partial charge in [-0.25, -0.2) is 4.98 Å². The minimum atomic E-state index is 0.728. The van der Waals surface area contributed by atoms with Gasteiger partial charge in [-0.2, -0.15) is 0 Å². The standard InChI is InChI=1S/C20H20N2OS/c1-15-6-8-16(9-7-15)20-21-18(14-24-20)13-22-10-11-23-19-5-3-2-4-17(19)12-22/h2-9,14H,10-13H2,1H3. The highest BCUT2D eigenvalue weighted by molar-refractivity contribution is 7.13. The lowest BCUT2D eigenvalue weighted by atomic mass is 10.2. The van der Waals surface area contributed by atoms with E-state index < -0.39 is 0 Å². The highest BCUT2D eigenvalue weighted by Crippen LogP contribution is 2.26. The molecule has 4 rings (SSSR count). The Hall–Kier alpha value is -2.17. The molecule has 0 radical (unpaired) electrons. The summed E-state index contributed by atoms with van der Waals surface area (Å²) >= 11 is 1.72. The van der Waals surface area contributed by atoms with Crippen LogP contribution in [-0.4, -0.2) is 23.0 Å². The molecule has 0 aliphatic carbocycles. The number of fused-ring (bicyclic) bond motifs is 1. The van der Waals surface area contributed by atoms with Crippen molar-refractivity contribution in [2.45, 2.75) is 20.0 Å². The summed E-state index contributed by atoms with van der Waals surface area (Å²) < 4.78 is 5.84. The topological polar surface area (TPSA) is 25.4 Å². The van der Waals surface area contributed by atoms with Gasteiger partial charge in [0, 0.05) is 36.1 Å². The number of hydrogen-bond acceptors (Lipinski definition) is 4. The number of hydrogen-bond donors (Lipinski definition) is 0. The average molecular weight is 336 g/mol. The highest BCUT2D eigenvalue weighted by Gasteiger charge is 2.16. The molecule has 0 atom stereocenters. The molecule has 0 fully saturated rings. The summed E-state index contributed by atoms with van der Waals surface area (Å²) in [5.41, 5.74) is 4.86. The molecule has 1 aliphatic rings. The van der Waals surface area contributed by atoms with Gasteiger partial charge in [-0.1, -0.05) is 48.0 Å². The van der Waals surface area contributed by atoms with Gasteiger partial charge >= 0.3 is 0 Å². The third-order valence-electron chi connectivity index (χ3n) is 4.27. The van der Waals surface area contributed by atoms with Crippen molar-refractivity contribution < 1.29 is 4.74 Å². The number of rotatable bonds is 3. The van der Waals surface area contributed by atoms with E-state index in [4.69, 9.17) is 9.72 Å². The van der Waals surface area contributed by atoms with E-state index in [2.05, 4.69) is 59.7 Å². The minimum Gasteiger partial charge on any atom is -0.492 e. The Bertz CT molecular complexity index is 826. The molecule has 2 aromatic carbocycles. The molecular weight excluding hydrogens is 316 g/mol. The summed E-state index contributed by atoms with van der Waals surface area (Å²) in [6.07, 6.45) is 0. The first-order chi connectivity index (χ1) is 11.8. The van der Waals surface area contributed by atoms with Crippen LogP contribution in [0.15, 0.2) is 53.9 Å². The minimum absolute atomic E-state index is 0.728. The van der Waals surface area contributed by atoms with E-state index in [-0.39, 0.29) is 0 Å². The van der Waals surface area contributed by atoms with Crippen LogP contribution in [0.3, 0.4) is 0 Å². The summed E-state index contributed by atoms with van der Waals surface area (Å²) in [4.78, 5) is 7.23. The van der Waals surface area contributed by atoms with Crippen LogP contribution >= 0.6 is 11.3 Å². The Morgan fingerprint density at radius 1 is 1.12 bits per heavy atom. The number of nitrogens with zero attached hydrogens (tertiary/aromatic N) is 2. The summed E-state index contributed by atoms with van der Waals surface area (Å²) in [6, 6.07) is 16.9. The van der Waals surface area contributed by atoms with Crippen molar-refractivity contribution >= 4 is 11.3 Å². The first-order valence-electron chi connectivity index (χ1n) is 8.22. The van der Waals surface area contributed by atoms with Gasteiger partial charge in [-0.15, -0.1) is 11.3 Å². The second-order valence-corrected chi connectivity index (χ2v) is 7.03. The zero-order valence-electron chi connectivity index (χ0n) is 13.7. The van der Waals surface area contributed by atoms with E-state index in [1.54, 1.807) is 11.3 Å². The zero-order valence-corrected chi connectivity index (χ0v) is 14.6. The molecule has 0 bridgehead atoms. The molecule has 122 valence electrons.